The highest BCUT2D eigenvalue weighted by atomic mass is 16.6. The molecular weight excluding hydrogens is 134 g/mol. The monoisotopic (exact) mass is 145 g/mol. The Balaban J connectivity index is 4.45. The van der Waals surface area contributed by atoms with Crippen LogP contribution in [-0.2, 0) is 0 Å². The van der Waals surface area contributed by atoms with Gasteiger partial charge in [0.15, 0.2) is 5.82 Å². The Labute approximate surface area is 59.1 Å². The van der Waals surface area contributed by atoms with Crippen molar-refractivity contribution < 1.29 is 4.92 Å². The molecule has 5 heteroatoms. The van der Waals surface area contributed by atoms with Crippen LogP contribution in [0.3, 0.4) is 0 Å². The van der Waals surface area contributed by atoms with Crippen molar-refractivity contribution in [3.63, 3.8) is 0 Å². The molecule has 0 spiro atoms. The normalized spacial score (nSPS) is 12.2. The topological polar surface area (TPSA) is 81.2 Å². The number of hydrogen-bond acceptors (Lipinski definition) is 4. The van der Waals surface area contributed by atoms with Crippen molar-refractivity contribution in [2.24, 2.45) is 5.73 Å². The van der Waals surface area contributed by atoms with E-state index in [0.29, 0.717) is 6.42 Å². The molecule has 5 nitrogen and oxygen atoms in total. The van der Waals surface area contributed by atoms with Gasteiger partial charge in [-0.1, -0.05) is 6.92 Å². The summed E-state index contributed by atoms with van der Waals surface area (Å²) in [6.45, 7) is 1.68. The van der Waals surface area contributed by atoms with Gasteiger partial charge in [0.2, 0.25) is 0 Å². The number of allylic oxidation sites excluding steroid dienone is 1. The lowest BCUT2D eigenvalue weighted by Crippen LogP contribution is -2.20. The molecule has 0 atom stereocenters. The summed E-state index contributed by atoms with van der Waals surface area (Å²) in [5.41, 5.74) is 5.29. The molecule has 0 heterocycles. The SMILES string of the molecule is CCC(=C(N)NC)[N+](=O)[O-]. The molecule has 58 valence electrons. The quantitative estimate of drug-likeness (QED) is 0.433. The van der Waals surface area contributed by atoms with Crippen molar-refractivity contribution in [2.75, 3.05) is 7.05 Å². The van der Waals surface area contributed by atoms with E-state index in [2.05, 4.69) is 5.32 Å². The molecule has 0 aromatic heterocycles. The lowest BCUT2D eigenvalue weighted by molar-refractivity contribution is -0.429. The van der Waals surface area contributed by atoms with Gasteiger partial charge in [0.1, 0.15) is 0 Å². The van der Waals surface area contributed by atoms with Crippen LogP contribution in [0.25, 0.3) is 0 Å². The van der Waals surface area contributed by atoms with E-state index >= 15 is 0 Å². The second kappa shape index (κ2) is 3.71. The first-order valence-corrected chi connectivity index (χ1v) is 2.94. The summed E-state index contributed by atoms with van der Waals surface area (Å²) in [4.78, 5) is 9.68. The lowest BCUT2D eigenvalue weighted by Gasteiger charge is -1.99. The van der Waals surface area contributed by atoms with E-state index in [9.17, 15) is 10.1 Å². The number of nitrogens with zero attached hydrogens (tertiary/aromatic N) is 1. The highest BCUT2D eigenvalue weighted by Crippen LogP contribution is 2.01. The molecule has 10 heavy (non-hydrogen) atoms. The highest BCUT2D eigenvalue weighted by molar-refractivity contribution is 4.99. The maximum Gasteiger partial charge on any atom is 0.285 e. The Morgan fingerprint density at radius 2 is 2.30 bits per heavy atom. The maximum absolute atomic E-state index is 10.2. The molecule has 0 aliphatic heterocycles. The van der Waals surface area contributed by atoms with Gasteiger partial charge in [0.05, 0.1) is 4.92 Å². The minimum Gasteiger partial charge on any atom is -0.380 e. The van der Waals surface area contributed by atoms with Crippen LogP contribution in [0.4, 0.5) is 0 Å². The zero-order valence-corrected chi connectivity index (χ0v) is 6.05. The molecular formula is C5H11N3O2. The molecule has 0 amide bonds. The van der Waals surface area contributed by atoms with Crippen molar-refractivity contribution in [3.05, 3.63) is 21.6 Å². The molecule has 0 fully saturated rings. The van der Waals surface area contributed by atoms with Gasteiger partial charge in [0.25, 0.3) is 5.70 Å². The minimum atomic E-state index is -0.480. The summed E-state index contributed by atoms with van der Waals surface area (Å²) in [6, 6.07) is 0. The van der Waals surface area contributed by atoms with Crippen molar-refractivity contribution in [1.82, 2.24) is 5.32 Å². The zero-order valence-electron chi connectivity index (χ0n) is 6.05. The van der Waals surface area contributed by atoms with Gasteiger partial charge < -0.3 is 11.1 Å². The average molecular weight is 145 g/mol. The van der Waals surface area contributed by atoms with Crippen molar-refractivity contribution in [1.29, 1.82) is 0 Å². The van der Waals surface area contributed by atoms with Crippen LogP contribution in [0.1, 0.15) is 13.3 Å². The molecule has 0 unspecified atom stereocenters. The number of nitrogens with one attached hydrogen (secondary N) is 1. The molecule has 3 N–H and O–H groups in total. The molecule has 0 aliphatic rings. The molecule has 0 aromatic rings. The van der Waals surface area contributed by atoms with Gasteiger partial charge in [0, 0.05) is 13.5 Å². The van der Waals surface area contributed by atoms with Crippen molar-refractivity contribution >= 4 is 0 Å². The summed E-state index contributed by atoms with van der Waals surface area (Å²) in [5.74, 6) is 0.132. The zero-order chi connectivity index (χ0) is 8.15. The largest absolute Gasteiger partial charge is 0.380 e. The maximum atomic E-state index is 10.2. The standard InChI is InChI=1S/C5H11N3O2/c1-3-4(8(9)10)5(6)7-2/h7H,3,6H2,1-2H3. The van der Waals surface area contributed by atoms with Crippen molar-refractivity contribution in [2.45, 2.75) is 13.3 Å². The van der Waals surface area contributed by atoms with E-state index in [4.69, 9.17) is 5.73 Å². The molecule has 0 rings (SSSR count). The van der Waals surface area contributed by atoms with Crippen LogP contribution in [0.15, 0.2) is 11.5 Å². The number of rotatable bonds is 3. The van der Waals surface area contributed by atoms with E-state index < -0.39 is 4.92 Å². The van der Waals surface area contributed by atoms with Gasteiger partial charge in [-0.15, -0.1) is 0 Å². The van der Waals surface area contributed by atoms with E-state index in [1.54, 1.807) is 14.0 Å². The fraction of sp³-hybridized carbons (Fsp3) is 0.600. The molecule has 0 bridgehead atoms. The molecule has 0 aromatic carbocycles. The van der Waals surface area contributed by atoms with Crippen LogP contribution in [0.5, 0.6) is 0 Å². The Morgan fingerprint density at radius 3 is 2.40 bits per heavy atom. The Morgan fingerprint density at radius 1 is 1.80 bits per heavy atom. The van der Waals surface area contributed by atoms with Gasteiger partial charge in [-0.25, -0.2) is 0 Å². The van der Waals surface area contributed by atoms with Gasteiger partial charge in [-0.2, -0.15) is 0 Å². The third-order valence-electron chi connectivity index (χ3n) is 1.14. The Bertz CT molecular complexity index is 164. The molecule has 0 saturated carbocycles. The fourth-order valence-corrected chi connectivity index (χ4v) is 0.562. The van der Waals surface area contributed by atoms with Crippen LogP contribution in [0, 0.1) is 10.1 Å². The molecule has 0 aliphatic carbocycles. The predicted octanol–water partition coefficient (Wildman–Crippen LogP) is 0.0203. The third kappa shape index (κ3) is 1.93. The van der Waals surface area contributed by atoms with Crippen LogP contribution in [0.2, 0.25) is 0 Å². The number of nitro groups is 1. The summed E-state index contributed by atoms with van der Waals surface area (Å²) in [7, 11) is 1.55. The first-order chi connectivity index (χ1) is 4.63. The van der Waals surface area contributed by atoms with Crippen LogP contribution < -0.4 is 11.1 Å². The minimum absolute atomic E-state index is 0.0301. The Kier molecular flexibility index (Phi) is 3.24. The Hall–Kier alpha value is -1.26. The summed E-state index contributed by atoms with van der Waals surface area (Å²) < 4.78 is 0. The summed E-state index contributed by atoms with van der Waals surface area (Å²) in [5, 5.41) is 12.7. The molecule has 0 radical (unpaired) electrons. The fourth-order valence-electron chi connectivity index (χ4n) is 0.562. The first kappa shape index (κ1) is 8.74. The van der Waals surface area contributed by atoms with Crippen molar-refractivity contribution in [3.8, 4) is 0 Å². The van der Waals surface area contributed by atoms with Gasteiger partial charge in [-0.3, -0.25) is 10.1 Å². The van der Waals surface area contributed by atoms with E-state index in [1.165, 1.54) is 0 Å². The van der Waals surface area contributed by atoms with Gasteiger partial charge in [-0.05, 0) is 0 Å². The average Bonchev–Trinajstić information content (AvgIpc) is 1.88. The summed E-state index contributed by atoms with van der Waals surface area (Å²) >= 11 is 0. The number of nitrogens with two attached hydrogens (primary N) is 1. The van der Waals surface area contributed by atoms with E-state index in [0.717, 1.165) is 0 Å². The first-order valence-electron chi connectivity index (χ1n) is 2.94. The molecule has 0 saturated heterocycles. The number of hydrogen-bond donors (Lipinski definition) is 2. The second-order valence-corrected chi connectivity index (χ2v) is 1.72. The van der Waals surface area contributed by atoms with E-state index in [-0.39, 0.29) is 11.5 Å². The predicted molar refractivity (Wildman–Crippen MR) is 37.6 cm³/mol. The highest BCUT2D eigenvalue weighted by Gasteiger charge is 2.11. The van der Waals surface area contributed by atoms with Crippen LogP contribution >= 0.6 is 0 Å². The second-order valence-electron chi connectivity index (χ2n) is 1.72. The lowest BCUT2D eigenvalue weighted by atomic mass is 10.3. The van der Waals surface area contributed by atoms with Gasteiger partial charge >= 0.3 is 0 Å². The summed E-state index contributed by atoms with van der Waals surface area (Å²) in [6.07, 6.45) is 0.333. The van der Waals surface area contributed by atoms with E-state index in [1.807, 2.05) is 0 Å². The third-order valence-corrected chi connectivity index (χ3v) is 1.14. The van der Waals surface area contributed by atoms with Crippen LogP contribution in [-0.4, -0.2) is 12.0 Å². The smallest absolute Gasteiger partial charge is 0.285 e.